The van der Waals surface area contributed by atoms with Crippen LogP contribution in [0.2, 0.25) is 0 Å². The van der Waals surface area contributed by atoms with E-state index >= 15 is 0 Å². The van der Waals surface area contributed by atoms with E-state index in [1.54, 1.807) is 6.20 Å². The monoisotopic (exact) mass is 258 g/mol. The van der Waals surface area contributed by atoms with Crippen LogP contribution in [-0.2, 0) is 0 Å². The van der Waals surface area contributed by atoms with Crippen LogP contribution in [-0.4, -0.2) is 31.0 Å². The molecular weight excluding hydrogens is 248 g/mol. The van der Waals surface area contributed by atoms with Gasteiger partial charge in [0.15, 0.2) is 5.82 Å². The molecule has 2 aromatic heterocycles. The molecule has 0 fully saturated rings. The first-order valence-electron chi connectivity index (χ1n) is 5.26. The lowest BCUT2D eigenvalue weighted by molar-refractivity contribution is 0.816. The summed E-state index contributed by atoms with van der Waals surface area (Å²) in [5.74, 6) is 0.878. The van der Waals surface area contributed by atoms with Crippen LogP contribution in [0.3, 0.4) is 0 Å². The molecule has 0 amide bonds. The summed E-state index contributed by atoms with van der Waals surface area (Å²) < 4.78 is 1.49. The van der Waals surface area contributed by atoms with E-state index < -0.39 is 0 Å². The van der Waals surface area contributed by atoms with Crippen LogP contribution >= 0.6 is 11.8 Å². The molecular formula is C11H10N6S. The molecule has 0 aliphatic rings. The van der Waals surface area contributed by atoms with E-state index in [0.29, 0.717) is 16.9 Å². The van der Waals surface area contributed by atoms with E-state index in [-0.39, 0.29) is 0 Å². The van der Waals surface area contributed by atoms with Gasteiger partial charge in [0.1, 0.15) is 0 Å². The molecule has 3 aromatic rings. The van der Waals surface area contributed by atoms with Crippen molar-refractivity contribution in [3.8, 4) is 5.82 Å². The fraction of sp³-hybridized carbons (Fsp3) is 0.0909. The van der Waals surface area contributed by atoms with Crippen molar-refractivity contribution in [2.24, 2.45) is 0 Å². The second-order valence-corrected chi connectivity index (χ2v) is 4.36. The van der Waals surface area contributed by atoms with Crippen molar-refractivity contribution in [1.82, 2.24) is 24.7 Å². The number of rotatable bonds is 2. The molecule has 0 aliphatic heterocycles. The van der Waals surface area contributed by atoms with E-state index in [1.807, 2.05) is 30.5 Å². The zero-order chi connectivity index (χ0) is 12.5. The third kappa shape index (κ3) is 1.78. The lowest BCUT2D eigenvalue weighted by atomic mass is 10.3. The Morgan fingerprint density at radius 2 is 1.94 bits per heavy atom. The molecule has 18 heavy (non-hydrogen) atoms. The molecule has 3 rings (SSSR count). The minimum atomic E-state index is 0.309. The molecule has 2 heterocycles. The molecule has 7 heteroatoms. The van der Waals surface area contributed by atoms with E-state index in [9.17, 15) is 0 Å². The summed E-state index contributed by atoms with van der Waals surface area (Å²) in [6.45, 7) is 0. The number of fused-ring (bicyclic) bond motifs is 1. The maximum Gasteiger partial charge on any atom is 0.225 e. The van der Waals surface area contributed by atoms with E-state index in [0.717, 1.165) is 11.0 Å². The first-order valence-corrected chi connectivity index (χ1v) is 6.49. The predicted octanol–water partition coefficient (Wildman–Crippen LogP) is 1.51. The number of aromatic nitrogens is 5. The highest BCUT2D eigenvalue weighted by Gasteiger charge is 2.10. The Balaban J connectivity index is 2.15. The van der Waals surface area contributed by atoms with Gasteiger partial charge < -0.3 is 5.73 Å². The first-order chi connectivity index (χ1) is 8.78. The van der Waals surface area contributed by atoms with Gasteiger partial charge in [0.25, 0.3) is 0 Å². The Bertz CT molecular complexity index is 708. The van der Waals surface area contributed by atoms with Crippen molar-refractivity contribution in [2.75, 3.05) is 12.0 Å². The molecule has 0 spiro atoms. The van der Waals surface area contributed by atoms with Gasteiger partial charge in [0.2, 0.25) is 11.1 Å². The number of hydrogen-bond acceptors (Lipinski definition) is 6. The topological polar surface area (TPSA) is 82.5 Å². The fourth-order valence-corrected chi connectivity index (χ4v) is 1.96. The molecule has 0 bridgehead atoms. The van der Waals surface area contributed by atoms with Crippen LogP contribution in [0.5, 0.6) is 0 Å². The van der Waals surface area contributed by atoms with Crippen molar-refractivity contribution in [1.29, 1.82) is 0 Å². The SMILES string of the molecule is CSc1nc(N)n(-c2cnc3ccccc3n2)n1. The molecule has 0 unspecified atom stereocenters. The average Bonchev–Trinajstić information content (AvgIpc) is 2.79. The summed E-state index contributed by atoms with van der Waals surface area (Å²) in [5, 5.41) is 4.86. The number of hydrogen-bond donors (Lipinski definition) is 1. The van der Waals surface area contributed by atoms with Crippen molar-refractivity contribution in [3.63, 3.8) is 0 Å². The summed E-state index contributed by atoms with van der Waals surface area (Å²) in [4.78, 5) is 12.9. The molecule has 0 radical (unpaired) electrons. The lowest BCUT2D eigenvalue weighted by Gasteiger charge is -2.02. The van der Waals surface area contributed by atoms with Crippen molar-refractivity contribution in [3.05, 3.63) is 30.5 Å². The highest BCUT2D eigenvalue weighted by atomic mass is 32.2. The Morgan fingerprint density at radius 1 is 1.17 bits per heavy atom. The summed E-state index contributed by atoms with van der Waals surface area (Å²) in [7, 11) is 0. The molecule has 0 saturated heterocycles. The highest BCUT2D eigenvalue weighted by molar-refractivity contribution is 7.98. The second-order valence-electron chi connectivity index (χ2n) is 3.59. The third-order valence-corrected chi connectivity index (χ3v) is 2.99. The number of benzene rings is 1. The Kier molecular flexibility index (Phi) is 2.60. The van der Waals surface area contributed by atoms with Gasteiger partial charge in [-0.1, -0.05) is 23.9 Å². The van der Waals surface area contributed by atoms with Gasteiger partial charge in [-0.25, -0.2) is 4.98 Å². The minimum absolute atomic E-state index is 0.309. The quantitative estimate of drug-likeness (QED) is 0.702. The van der Waals surface area contributed by atoms with Crippen molar-refractivity contribution >= 4 is 28.7 Å². The van der Waals surface area contributed by atoms with Gasteiger partial charge in [-0.3, -0.25) is 4.98 Å². The van der Waals surface area contributed by atoms with Crippen molar-refractivity contribution < 1.29 is 0 Å². The zero-order valence-corrected chi connectivity index (χ0v) is 10.4. The number of thioether (sulfide) groups is 1. The van der Waals surface area contributed by atoms with E-state index in [1.165, 1.54) is 16.4 Å². The van der Waals surface area contributed by atoms with Crippen LogP contribution in [0, 0.1) is 0 Å². The average molecular weight is 258 g/mol. The lowest BCUT2D eigenvalue weighted by Crippen LogP contribution is -2.05. The summed E-state index contributed by atoms with van der Waals surface area (Å²) in [6.07, 6.45) is 3.53. The largest absolute Gasteiger partial charge is 0.368 e. The van der Waals surface area contributed by atoms with E-state index in [4.69, 9.17) is 5.73 Å². The number of nitrogen functional groups attached to an aromatic ring is 1. The number of anilines is 1. The summed E-state index contributed by atoms with van der Waals surface area (Å²) >= 11 is 1.43. The van der Waals surface area contributed by atoms with Gasteiger partial charge in [0.05, 0.1) is 17.2 Å². The maximum absolute atomic E-state index is 5.80. The second kappa shape index (κ2) is 4.26. The normalized spacial score (nSPS) is 10.9. The number of para-hydroxylation sites is 2. The van der Waals surface area contributed by atoms with Crippen LogP contribution in [0.4, 0.5) is 5.95 Å². The number of nitrogens with two attached hydrogens (primary N) is 1. The summed E-state index contributed by atoms with van der Waals surface area (Å²) in [6, 6.07) is 7.64. The summed E-state index contributed by atoms with van der Waals surface area (Å²) in [5.41, 5.74) is 7.44. The highest BCUT2D eigenvalue weighted by Crippen LogP contribution is 2.16. The van der Waals surface area contributed by atoms with E-state index in [2.05, 4.69) is 20.1 Å². The van der Waals surface area contributed by atoms with Gasteiger partial charge in [-0.05, 0) is 18.4 Å². The molecule has 6 nitrogen and oxygen atoms in total. The van der Waals surface area contributed by atoms with Crippen LogP contribution < -0.4 is 5.73 Å². The number of nitrogens with zero attached hydrogens (tertiary/aromatic N) is 5. The minimum Gasteiger partial charge on any atom is -0.368 e. The van der Waals surface area contributed by atoms with Gasteiger partial charge in [0, 0.05) is 0 Å². The smallest absolute Gasteiger partial charge is 0.225 e. The first kappa shape index (κ1) is 11.0. The fourth-order valence-electron chi connectivity index (χ4n) is 1.61. The van der Waals surface area contributed by atoms with Gasteiger partial charge in [-0.15, -0.1) is 5.10 Å². The molecule has 0 saturated carbocycles. The van der Waals surface area contributed by atoms with Crippen molar-refractivity contribution in [2.45, 2.75) is 5.16 Å². The standard InChI is InChI=1S/C11H10N6S/c1-18-11-15-10(12)17(16-11)9-6-13-7-4-2-3-5-8(7)14-9/h2-6H,1H3,(H2,12,15,16). The van der Waals surface area contributed by atoms with Gasteiger partial charge >= 0.3 is 0 Å². The van der Waals surface area contributed by atoms with Crippen LogP contribution in [0.15, 0.2) is 35.6 Å². The molecule has 0 aliphatic carbocycles. The van der Waals surface area contributed by atoms with Crippen LogP contribution in [0.25, 0.3) is 16.9 Å². The Labute approximate surface area is 107 Å². The molecule has 0 atom stereocenters. The Hall–Kier alpha value is -2.15. The third-order valence-electron chi connectivity index (χ3n) is 2.45. The molecule has 2 N–H and O–H groups in total. The predicted molar refractivity (Wildman–Crippen MR) is 70.6 cm³/mol. The van der Waals surface area contributed by atoms with Crippen LogP contribution in [0.1, 0.15) is 0 Å². The molecule has 90 valence electrons. The van der Waals surface area contributed by atoms with Gasteiger partial charge in [-0.2, -0.15) is 9.67 Å². The zero-order valence-electron chi connectivity index (χ0n) is 9.61. The Morgan fingerprint density at radius 3 is 2.67 bits per heavy atom. The molecule has 1 aromatic carbocycles. The maximum atomic E-state index is 5.80.